The molecular weight excluding hydrogens is 344 g/mol. The van der Waals surface area contributed by atoms with Crippen molar-refractivity contribution in [2.75, 3.05) is 0 Å². The van der Waals surface area contributed by atoms with Gasteiger partial charge in [0.2, 0.25) is 4.96 Å². The quantitative estimate of drug-likeness (QED) is 0.525. The Morgan fingerprint density at radius 3 is 2.38 bits per heavy atom. The maximum Gasteiger partial charge on any atom is 0.235 e. The first-order valence-corrected chi connectivity index (χ1v) is 9.32. The van der Waals surface area contributed by atoms with Crippen LogP contribution in [0.2, 0.25) is 0 Å². The van der Waals surface area contributed by atoms with Crippen molar-refractivity contribution < 1.29 is 4.74 Å². The van der Waals surface area contributed by atoms with E-state index in [9.17, 15) is 0 Å². The lowest BCUT2D eigenvalue weighted by molar-refractivity contribution is 0.304. The third-order valence-corrected chi connectivity index (χ3v) is 5.02. The standard InChI is InChI=1S/C20H20N4OS/c1-20(2,3)15-9-11-16(12-10-15)25-13-17-23-24-18(21-22-19(24)26-17)14-7-5-4-6-8-14/h4-12H,13H2,1-3H3. The molecule has 0 N–H and O–H groups in total. The van der Waals surface area contributed by atoms with E-state index in [0.29, 0.717) is 6.61 Å². The Morgan fingerprint density at radius 2 is 1.69 bits per heavy atom. The van der Waals surface area contributed by atoms with E-state index in [0.717, 1.165) is 27.1 Å². The normalized spacial score (nSPS) is 11.8. The molecule has 0 saturated carbocycles. The zero-order chi connectivity index (χ0) is 18.1. The van der Waals surface area contributed by atoms with Crippen LogP contribution in [0, 0.1) is 0 Å². The number of hydrogen-bond acceptors (Lipinski definition) is 5. The average Bonchev–Trinajstić information content (AvgIpc) is 3.20. The Bertz CT molecular complexity index is 1010. The molecule has 2 aromatic heterocycles. The van der Waals surface area contributed by atoms with E-state index >= 15 is 0 Å². The van der Waals surface area contributed by atoms with Crippen molar-refractivity contribution in [3.8, 4) is 17.1 Å². The molecule has 4 aromatic rings. The van der Waals surface area contributed by atoms with Gasteiger partial charge in [-0.2, -0.15) is 9.61 Å². The zero-order valence-corrected chi connectivity index (χ0v) is 15.8. The maximum atomic E-state index is 5.89. The van der Waals surface area contributed by atoms with Crippen LogP contribution in [-0.2, 0) is 12.0 Å². The van der Waals surface area contributed by atoms with Gasteiger partial charge in [-0.1, -0.05) is 74.6 Å². The van der Waals surface area contributed by atoms with Gasteiger partial charge in [0.05, 0.1) is 0 Å². The minimum absolute atomic E-state index is 0.139. The van der Waals surface area contributed by atoms with Crippen LogP contribution in [0.4, 0.5) is 0 Å². The monoisotopic (exact) mass is 364 g/mol. The van der Waals surface area contributed by atoms with Gasteiger partial charge < -0.3 is 4.74 Å². The van der Waals surface area contributed by atoms with Gasteiger partial charge in [0.25, 0.3) is 0 Å². The fraction of sp³-hybridized carbons (Fsp3) is 0.250. The molecule has 2 heterocycles. The zero-order valence-electron chi connectivity index (χ0n) is 15.0. The van der Waals surface area contributed by atoms with Gasteiger partial charge >= 0.3 is 0 Å². The average molecular weight is 364 g/mol. The first-order chi connectivity index (χ1) is 12.5. The summed E-state index contributed by atoms with van der Waals surface area (Å²) in [4.78, 5) is 0.769. The number of hydrogen-bond donors (Lipinski definition) is 0. The highest BCUT2D eigenvalue weighted by atomic mass is 32.1. The lowest BCUT2D eigenvalue weighted by Gasteiger charge is -2.19. The highest BCUT2D eigenvalue weighted by molar-refractivity contribution is 7.16. The molecule has 0 bridgehead atoms. The number of rotatable bonds is 4. The molecule has 0 aliphatic rings. The number of fused-ring (bicyclic) bond motifs is 1. The van der Waals surface area contributed by atoms with E-state index in [1.807, 2.05) is 42.5 Å². The Balaban J connectivity index is 1.51. The summed E-state index contributed by atoms with van der Waals surface area (Å²) in [5.74, 6) is 1.59. The topological polar surface area (TPSA) is 52.3 Å². The van der Waals surface area contributed by atoms with Crippen molar-refractivity contribution in [1.82, 2.24) is 19.8 Å². The van der Waals surface area contributed by atoms with Gasteiger partial charge in [-0.05, 0) is 23.1 Å². The van der Waals surface area contributed by atoms with Crippen LogP contribution >= 0.6 is 11.3 Å². The third-order valence-electron chi connectivity index (χ3n) is 4.15. The molecule has 6 heteroatoms. The van der Waals surface area contributed by atoms with Crippen LogP contribution in [0.1, 0.15) is 31.3 Å². The number of aromatic nitrogens is 4. The van der Waals surface area contributed by atoms with E-state index in [4.69, 9.17) is 4.74 Å². The lowest BCUT2D eigenvalue weighted by atomic mass is 9.87. The number of nitrogens with zero attached hydrogens (tertiary/aromatic N) is 4. The summed E-state index contributed by atoms with van der Waals surface area (Å²) in [5, 5.41) is 13.9. The molecule has 0 atom stereocenters. The predicted octanol–water partition coefficient (Wildman–Crippen LogP) is 4.73. The van der Waals surface area contributed by atoms with Gasteiger partial charge in [0.1, 0.15) is 12.4 Å². The fourth-order valence-electron chi connectivity index (χ4n) is 2.68. The summed E-state index contributed by atoms with van der Waals surface area (Å²) in [6.45, 7) is 7.02. The molecule has 0 spiro atoms. The molecule has 5 nitrogen and oxygen atoms in total. The third kappa shape index (κ3) is 3.32. The molecule has 0 radical (unpaired) electrons. The van der Waals surface area contributed by atoms with E-state index in [1.165, 1.54) is 16.9 Å². The van der Waals surface area contributed by atoms with Gasteiger partial charge in [-0.15, -0.1) is 10.2 Å². The Hall–Kier alpha value is -2.73. The summed E-state index contributed by atoms with van der Waals surface area (Å²) in [6, 6.07) is 18.2. The summed E-state index contributed by atoms with van der Waals surface area (Å²) in [5.41, 5.74) is 2.42. The molecule has 4 rings (SSSR count). The van der Waals surface area contributed by atoms with Crippen LogP contribution in [0.5, 0.6) is 5.75 Å². The van der Waals surface area contributed by atoms with Crippen molar-refractivity contribution >= 4 is 16.3 Å². The van der Waals surface area contributed by atoms with Crippen LogP contribution < -0.4 is 4.74 Å². The second-order valence-electron chi connectivity index (χ2n) is 7.14. The molecule has 0 fully saturated rings. The Labute approximate surface area is 156 Å². The molecule has 0 unspecified atom stereocenters. The highest BCUT2D eigenvalue weighted by Gasteiger charge is 2.15. The first-order valence-electron chi connectivity index (χ1n) is 8.50. The van der Waals surface area contributed by atoms with Gasteiger partial charge in [-0.25, -0.2) is 0 Å². The number of benzene rings is 2. The van der Waals surface area contributed by atoms with E-state index in [1.54, 1.807) is 4.52 Å². The van der Waals surface area contributed by atoms with Crippen molar-refractivity contribution in [3.05, 3.63) is 65.2 Å². The van der Waals surface area contributed by atoms with E-state index in [-0.39, 0.29) is 5.41 Å². The molecule has 0 aliphatic carbocycles. The molecular formula is C20H20N4OS. The molecule has 26 heavy (non-hydrogen) atoms. The molecule has 0 saturated heterocycles. The second-order valence-corrected chi connectivity index (χ2v) is 8.18. The van der Waals surface area contributed by atoms with E-state index < -0.39 is 0 Å². The fourth-order valence-corrected chi connectivity index (χ4v) is 3.42. The van der Waals surface area contributed by atoms with Crippen molar-refractivity contribution in [1.29, 1.82) is 0 Å². The summed E-state index contributed by atoms with van der Waals surface area (Å²) in [6.07, 6.45) is 0. The summed E-state index contributed by atoms with van der Waals surface area (Å²) in [7, 11) is 0. The Kier molecular flexibility index (Phi) is 4.20. The van der Waals surface area contributed by atoms with Crippen LogP contribution in [0.15, 0.2) is 54.6 Å². The minimum Gasteiger partial charge on any atom is -0.486 e. The second kappa shape index (κ2) is 6.53. The van der Waals surface area contributed by atoms with Crippen LogP contribution in [0.3, 0.4) is 0 Å². The Morgan fingerprint density at radius 1 is 0.962 bits per heavy atom. The largest absolute Gasteiger partial charge is 0.486 e. The van der Waals surface area contributed by atoms with Gasteiger partial charge in [0, 0.05) is 5.56 Å². The summed E-state index contributed by atoms with van der Waals surface area (Å²) >= 11 is 1.49. The molecule has 132 valence electrons. The predicted molar refractivity (Wildman–Crippen MR) is 104 cm³/mol. The van der Waals surface area contributed by atoms with Crippen molar-refractivity contribution in [2.24, 2.45) is 0 Å². The number of ether oxygens (including phenoxy) is 1. The first kappa shape index (κ1) is 16.7. The summed E-state index contributed by atoms with van der Waals surface area (Å²) < 4.78 is 7.67. The van der Waals surface area contributed by atoms with Crippen molar-refractivity contribution in [2.45, 2.75) is 32.8 Å². The van der Waals surface area contributed by atoms with Gasteiger partial charge in [0.15, 0.2) is 10.8 Å². The smallest absolute Gasteiger partial charge is 0.235 e. The van der Waals surface area contributed by atoms with Crippen LogP contribution in [0.25, 0.3) is 16.3 Å². The molecule has 2 aromatic carbocycles. The maximum absolute atomic E-state index is 5.89. The highest BCUT2D eigenvalue weighted by Crippen LogP contribution is 2.25. The molecule has 0 amide bonds. The van der Waals surface area contributed by atoms with Gasteiger partial charge in [-0.3, -0.25) is 0 Å². The molecule has 0 aliphatic heterocycles. The van der Waals surface area contributed by atoms with E-state index in [2.05, 4.69) is 48.2 Å². The minimum atomic E-state index is 0.139. The SMILES string of the molecule is CC(C)(C)c1ccc(OCc2nn3c(-c4ccccc4)nnc3s2)cc1. The van der Waals surface area contributed by atoms with Crippen molar-refractivity contribution in [3.63, 3.8) is 0 Å². The van der Waals surface area contributed by atoms with Crippen LogP contribution in [-0.4, -0.2) is 19.8 Å². The lowest BCUT2D eigenvalue weighted by Crippen LogP contribution is -2.10.